The molecule has 1 N–H and O–H groups in total. The minimum Gasteiger partial charge on any atom is -0.434 e. The van der Waals surface area contributed by atoms with E-state index in [1.165, 1.54) is 0 Å². The predicted molar refractivity (Wildman–Crippen MR) is 81.3 cm³/mol. The van der Waals surface area contributed by atoms with Crippen molar-refractivity contribution in [2.24, 2.45) is 0 Å². The van der Waals surface area contributed by atoms with E-state index in [0.29, 0.717) is 24.2 Å². The highest BCUT2D eigenvalue weighted by molar-refractivity contribution is 5.20. The van der Waals surface area contributed by atoms with Crippen molar-refractivity contribution in [3.8, 4) is 11.6 Å². The summed E-state index contributed by atoms with van der Waals surface area (Å²) in [6.07, 6.45) is 6.88. The van der Waals surface area contributed by atoms with Gasteiger partial charge >= 0.3 is 0 Å². The Morgan fingerprint density at radius 1 is 1.19 bits per heavy atom. The molecule has 0 saturated heterocycles. The summed E-state index contributed by atoms with van der Waals surface area (Å²) in [5, 5.41) is 7.59. The molecule has 6 nitrogen and oxygen atoms in total. The molecule has 0 aromatic carbocycles. The van der Waals surface area contributed by atoms with E-state index in [1.807, 2.05) is 10.9 Å². The predicted octanol–water partition coefficient (Wildman–Crippen LogP) is 2.93. The topological polar surface area (TPSA) is 64.9 Å². The molecule has 2 heterocycles. The van der Waals surface area contributed by atoms with Gasteiger partial charge in [-0.15, -0.1) is 0 Å². The number of ether oxygens (including phenoxy) is 1. The first-order valence-corrected chi connectivity index (χ1v) is 7.11. The van der Waals surface area contributed by atoms with Crippen LogP contribution in [0.3, 0.4) is 0 Å². The summed E-state index contributed by atoms with van der Waals surface area (Å²) in [6.45, 7) is 11.2. The molecule has 0 spiro atoms. The SMILES string of the molecule is CC(C)n1cc(Oc2cnc(CNC(C)(C)C)cn2)cn1. The lowest BCUT2D eigenvalue weighted by molar-refractivity contribution is 0.418. The second kappa shape index (κ2) is 6.22. The monoisotopic (exact) mass is 289 g/mol. The Balaban J connectivity index is 1.95. The third-order valence-electron chi connectivity index (χ3n) is 2.81. The van der Waals surface area contributed by atoms with Crippen LogP contribution in [0.4, 0.5) is 0 Å². The van der Waals surface area contributed by atoms with Crippen molar-refractivity contribution in [2.45, 2.75) is 52.7 Å². The number of aromatic nitrogens is 4. The van der Waals surface area contributed by atoms with E-state index in [0.717, 1.165) is 5.69 Å². The second-order valence-corrected chi connectivity index (χ2v) is 6.30. The zero-order chi connectivity index (χ0) is 15.5. The van der Waals surface area contributed by atoms with Crippen LogP contribution in [0, 0.1) is 0 Å². The Morgan fingerprint density at radius 2 is 1.95 bits per heavy atom. The van der Waals surface area contributed by atoms with E-state index in [9.17, 15) is 0 Å². The number of hydrogen-bond acceptors (Lipinski definition) is 5. The van der Waals surface area contributed by atoms with Crippen molar-refractivity contribution in [1.82, 2.24) is 25.1 Å². The molecule has 2 aromatic rings. The number of hydrogen-bond donors (Lipinski definition) is 1. The van der Waals surface area contributed by atoms with Gasteiger partial charge in [-0.3, -0.25) is 9.67 Å². The van der Waals surface area contributed by atoms with Gasteiger partial charge in [0.2, 0.25) is 5.88 Å². The van der Waals surface area contributed by atoms with Crippen molar-refractivity contribution in [3.63, 3.8) is 0 Å². The molecule has 2 rings (SSSR count). The molecular formula is C15H23N5O. The van der Waals surface area contributed by atoms with Crippen LogP contribution in [0.25, 0.3) is 0 Å². The number of nitrogens with one attached hydrogen (secondary N) is 1. The first-order valence-electron chi connectivity index (χ1n) is 7.11. The summed E-state index contributed by atoms with van der Waals surface area (Å²) >= 11 is 0. The summed E-state index contributed by atoms with van der Waals surface area (Å²) in [5.74, 6) is 1.14. The van der Waals surface area contributed by atoms with Crippen LogP contribution in [0.1, 0.15) is 46.4 Å². The summed E-state index contributed by atoms with van der Waals surface area (Å²) < 4.78 is 7.47. The van der Waals surface area contributed by atoms with Gasteiger partial charge in [0, 0.05) is 18.1 Å². The third kappa shape index (κ3) is 4.82. The van der Waals surface area contributed by atoms with Gasteiger partial charge in [0.15, 0.2) is 5.75 Å². The molecule has 21 heavy (non-hydrogen) atoms. The molecule has 0 aliphatic heterocycles. The highest BCUT2D eigenvalue weighted by atomic mass is 16.5. The smallest absolute Gasteiger partial charge is 0.238 e. The standard InChI is InChI=1S/C15H23N5O/c1-11(2)20-10-13(8-19-20)21-14-9-16-12(6-17-14)7-18-15(3,4)5/h6,8-11,18H,7H2,1-5H3. The third-order valence-corrected chi connectivity index (χ3v) is 2.81. The Morgan fingerprint density at radius 3 is 2.48 bits per heavy atom. The Kier molecular flexibility index (Phi) is 4.57. The van der Waals surface area contributed by atoms with Gasteiger partial charge < -0.3 is 10.1 Å². The second-order valence-electron chi connectivity index (χ2n) is 6.30. The normalized spacial score (nSPS) is 11.9. The van der Waals surface area contributed by atoms with Crippen LogP contribution in [-0.4, -0.2) is 25.3 Å². The summed E-state index contributed by atoms with van der Waals surface area (Å²) in [6, 6.07) is 0.305. The Labute approximate surface area is 125 Å². The van der Waals surface area contributed by atoms with Crippen LogP contribution < -0.4 is 10.1 Å². The van der Waals surface area contributed by atoms with Gasteiger partial charge in [-0.05, 0) is 34.6 Å². The maximum Gasteiger partial charge on any atom is 0.238 e. The van der Waals surface area contributed by atoms with E-state index < -0.39 is 0 Å². The van der Waals surface area contributed by atoms with Gasteiger partial charge in [0.05, 0.1) is 30.5 Å². The molecule has 0 amide bonds. The fraction of sp³-hybridized carbons (Fsp3) is 0.533. The van der Waals surface area contributed by atoms with Crippen LogP contribution in [-0.2, 0) is 6.54 Å². The number of nitrogens with zero attached hydrogens (tertiary/aromatic N) is 4. The van der Waals surface area contributed by atoms with E-state index in [-0.39, 0.29) is 5.54 Å². The van der Waals surface area contributed by atoms with Crippen molar-refractivity contribution in [3.05, 3.63) is 30.5 Å². The molecule has 0 aliphatic rings. The van der Waals surface area contributed by atoms with Crippen LogP contribution in [0.2, 0.25) is 0 Å². The molecule has 0 saturated carbocycles. The molecule has 6 heteroatoms. The van der Waals surface area contributed by atoms with Gasteiger partial charge in [-0.2, -0.15) is 5.10 Å². The summed E-state index contributed by atoms with van der Waals surface area (Å²) in [7, 11) is 0. The minimum atomic E-state index is 0.0578. The van der Waals surface area contributed by atoms with Crippen LogP contribution in [0.15, 0.2) is 24.8 Å². The minimum absolute atomic E-state index is 0.0578. The molecule has 2 aromatic heterocycles. The van der Waals surface area contributed by atoms with Gasteiger partial charge in [0.1, 0.15) is 0 Å². The fourth-order valence-electron chi connectivity index (χ4n) is 1.62. The maximum absolute atomic E-state index is 5.63. The van der Waals surface area contributed by atoms with Crippen molar-refractivity contribution in [1.29, 1.82) is 0 Å². The molecule has 0 aliphatic carbocycles. The molecule has 0 unspecified atom stereocenters. The van der Waals surface area contributed by atoms with E-state index >= 15 is 0 Å². The zero-order valence-electron chi connectivity index (χ0n) is 13.3. The van der Waals surface area contributed by atoms with E-state index in [1.54, 1.807) is 18.6 Å². The first kappa shape index (κ1) is 15.4. The summed E-state index contributed by atoms with van der Waals surface area (Å²) in [5.41, 5.74) is 0.942. The van der Waals surface area contributed by atoms with Crippen molar-refractivity contribution >= 4 is 0 Å². The van der Waals surface area contributed by atoms with Gasteiger partial charge in [-0.25, -0.2) is 4.98 Å². The number of rotatable bonds is 5. The average Bonchev–Trinajstić information content (AvgIpc) is 2.86. The Hall–Kier alpha value is -1.95. The first-order chi connectivity index (χ1) is 9.83. The largest absolute Gasteiger partial charge is 0.434 e. The molecule has 0 atom stereocenters. The zero-order valence-corrected chi connectivity index (χ0v) is 13.3. The lowest BCUT2D eigenvalue weighted by Crippen LogP contribution is -2.35. The molecule has 0 fully saturated rings. The fourth-order valence-corrected chi connectivity index (χ4v) is 1.62. The quantitative estimate of drug-likeness (QED) is 0.916. The van der Waals surface area contributed by atoms with E-state index in [4.69, 9.17) is 4.74 Å². The van der Waals surface area contributed by atoms with Crippen LogP contribution in [0.5, 0.6) is 11.6 Å². The maximum atomic E-state index is 5.63. The summed E-state index contributed by atoms with van der Waals surface area (Å²) in [4.78, 5) is 8.61. The van der Waals surface area contributed by atoms with Crippen molar-refractivity contribution < 1.29 is 4.74 Å². The molecule has 114 valence electrons. The van der Waals surface area contributed by atoms with Crippen LogP contribution >= 0.6 is 0 Å². The van der Waals surface area contributed by atoms with Gasteiger partial charge in [0.25, 0.3) is 0 Å². The van der Waals surface area contributed by atoms with Crippen molar-refractivity contribution in [2.75, 3.05) is 0 Å². The Bertz CT molecular complexity index is 568. The highest BCUT2D eigenvalue weighted by Gasteiger charge is 2.09. The highest BCUT2D eigenvalue weighted by Crippen LogP contribution is 2.19. The van der Waals surface area contributed by atoms with E-state index in [2.05, 4.69) is 55.0 Å². The molecule has 0 bridgehead atoms. The lowest BCUT2D eigenvalue weighted by Gasteiger charge is -2.19. The lowest BCUT2D eigenvalue weighted by atomic mass is 10.1. The molecular weight excluding hydrogens is 266 g/mol. The average molecular weight is 289 g/mol. The van der Waals surface area contributed by atoms with Gasteiger partial charge in [-0.1, -0.05) is 0 Å². The molecule has 0 radical (unpaired) electrons.